The van der Waals surface area contributed by atoms with Crippen molar-refractivity contribution in [2.75, 3.05) is 6.26 Å². The summed E-state index contributed by atoms with van der Waals surface area (Å²) >= 11 is 1.23. The second-order valence-electron chi connectivity index (χ2n) is 2.93. The van der Waals surface area contributed by atoms with E-state index in [9.17, 15) is 9.18 Å². The summed E-state index contributed by atoms with van der Waals surface area (Å²) in [4.78, 5) is 11.5. The molecular formula is C10H7FN2O3S. The average molecular weight is 254 g/mol. The van der Waals surface area contributed by atoms with Gasteiger partial charge in [-0.05, 0) is 30.5 Å². The van der Waals surface area contributed by atoms with E-state index in [1.165, 1.54) is 23.9 Å². The number of hydrogen-bond donors (Lipinski definition) is 0. The highest BCUT2D eigenvalue weighted by molar-refractivity contribution is 7.98. The van der Waals surface area contributed by atoms with Crippen LogP contribution in [-0.4, -0.2) is 22.4 Å². The number of hydrogen-bond acceptors (Lipinski definition) is 6. The molecule has 17 heavy (non-hydrogen) atoms. The lowest BCUT2D eigenvalue weighted by Crippen LogP contribution is -2.08. The molecule has 0 unspecified atom stereocenters. The molecule has 1 aromatic carbocycles. The van der Waals surface area contributed by atoms with Crippen LogP contribution in [0.5, 0.6) is 6.08 Å². The van der Waals surface area contributed by atoms with Gasteiger partial charge in [-0.1, -0.05) is 22.0 Å². The van der Waals surface area contributed by atoms with E-state index in [4.69, 9.17) is 9.15 Å². The third-order valence-corrected chi connectivity index (χ3v) is 2.34. The first-order chi connectivity index (χ1) is 8.19. The van der Waals surface area contributed by atoms with E-state index in [0.717, 1.165) is 12.1 Å². The Hall–Kier alpha value is -1.89. The van der Waals surface area contributed by atoms with E-state index in [-0.39, 0.29) is 11.6 Å². The number of nitrogens with zero attached hydrogens (tertiary/aromatic N) is 2. The molecule has 0 aliphatic heterocycles. The second-order valence-corrected chi connectivity index (χ2v) is 3.69. The number of ether oxygens (including phenoxy) is 1. The zero-order valence-corrected chi connectivity index (χ0v) is 9.53. The quantitative estimate of drug-likeness (QED) is 0.617. The van der Waals surface area contributed by atoms with E-state index < -0.39 is 11.8 Å². The SMILES string of the molecule is CSc1nnc(OC(=O)c2ccc(F)cc2)o1. The highest BCUT2D eigenvalue weighted by Crippen LogP contribution is 2.17. The van der Waals surface area contributed by atoms with E-state index in [1.54, 1.807) is 6.26 Å². The van der Waals surface area contributed by atoms with E-state index >= 15 is 0 Å². The summed E-state index contributed by atoms with van der Waals surface area (Å²) in [6.07, 6.45) is 1.52. The predicted octanol–water partition coefficient (Wildman–Crippen LogP) is 2.15. The van der Waals surface area contributed by atoms with Crippen molar-refractivity contribution in [1.82, 2.24) is 10.2 Å². The lowest BCUT2D eigenvalue weighted by molar-refractivity contribution is 0.0675. The van der Waals surface area contributed by atoms with Gasteiger partial charge in [0.2, 0.25) is 0 Å². The summed E-state index contributed by atoms with van der Waals surface area (Å²) in [6.45, 7) is 0. The number of esters is 1. The molecule has 2 rings (SSSR count). The first-order valence-corrected chi connectivity index (χ1v) is 5.77. The van der Waals surface area contributed by atoms with Crippen molar-refractivity contribution in [1.29, 1.82) is 0 Å². The van der Waals surface area contributed by atoms with Gasteiger partial charge in [-0.3, -0.25) is 0 Å². The Bertz CT molecular complexity index is 527. The van der Waals surface area contributed by atoms with Crippen molar-refractivity contribution in [3.05, 3.63) is 35.6 Å². The van der Waals surface area contributed by atoms with Gasteiger partial charge in [-0.15, -0.1) is 0 Å². The number of carbonyl (C=O) groups excluding carboxylic acids is 1. The smallest absolute Gasteiger partial charge is 0.383 e. The maximum absolute atomic E-state index is 12.6. The molecule has 0 radical (unpaired) electrons. The van der Waals surface area contributed by atoms with Gasteiger partial charge in [0.05, 0.1) is 5.56 Å². The van der Waals surface area contributed by atoms with Gasteiger partial charge in [0, 0.05) is 0 Å². The Morgan fingerprint density at radius 3 is 2.65 bits per heavy atom. The highest BCUT2D eigenvalue weighted by Gasteiger charge is 2.13. The molecule has 0 saturated carbocycles. The minimum atomic E-state index is -0.679. The molecule has 0 aliphatic carbocycles. The van der Waals surface area contributed by atoms with Crippen LogP contribution in [0.15, 0.2) is 33.9 Å². The number of aromatic nitrogens is 2. The Balaban J connectivity index is 2.08. The van der Waals surface area contributed by atoms with Crippen molar-refractivity contribution in [2.45, 2.75) is 5.22 Å². The lowest BCUT2D eigenvalue weighted by Gasteiger charge is -1.98. The summed E-state index contributed by atoms with van der Waals surface area (Å²) in [6, 6.07) is 4.95. The number of benzene rings is 1. The van der Waals surface area contributed by atoms with Gasteiger partial charge in [0.25, 0.3) is 5.22 Å². The van der Waals surface area contributed by atoms with Gasteiger partial charge in [0.1, 0.15) is 5.82 Å². The molecule has 0 N–H and O–H groups in total. The fraction of sp³-hybridized carbons (Fsp3) is 0.100. The van der Waals surface area contributed by atoms with Crippen LogP contribution >= 0.6 is 11.8 Å². The van der Waals surface area contributed by atoms with Gasteiger partial charge in [0.15, 0.2) is 0 Å². The average Bonchev–Trinajstić information content (AvgIpc) is 2.77. The number of carbonyl (C=O) groups is 1. The fourth-order valence-electron chi connectivity index (χ4n) is 1.05. The number of rotatable bonds is 3. The molecule has 88 valence electrons. The molecule has 0 atom stereocenters. The van der Waals surface area contributed by atoms with Gasteiger partial charge in [-0.25, -0.2) is 9.18 Å². The van der Waals surface area contributed by atoms with Crippen LogP contribution in [0.25, 0.3) is 0 Å². The number of thioether (sulfide) groups is 1. The Kier molecular flexibility index (Phi) is 3.38. The zero-order valence-electron chi connectivity index (χ0n) is 8.71. The summed E-state index contributed by atoms with van der Waals surface area (Å²) < 4.78 is 22.4. The largest absolute Gasteiger partial charge is 0.423 e. The molecule has 0 fully saturated rings. The molecule has 0 aliphatic rings. The lowest BCUT2D eigenvalue weighted by atomic mass is 10.2. The molecule has 0 amide bonds. The monoisotopic (exact) mass is 254 g/mol. The van der Waals surface area contributed by atoms with Crippen molar-refractivity contribution in [2.24, 2.45) is 0 Å². The molecule has 2 aromatic rings. The Morgan fingerprint density at radius 2 is 2.06 bits per heavy atom. The van der Waals surface area contributed by atoms with Gasteiger partial charge in [-0.2, -0.15) is 0 Å². The third kappa shape index (κ3) is 2.82. The predicted molar refractivity (Wildman–Crippen MR) is 57.4 cm³/mol. The van der Waals surface area contributed by atoms with Crippen LogP contribution in [-0.2, 0) is 0 Å². The molecule has 1 aromatic heterocycles. The third-order valence-electron chi connectivity index (χ3n) is 1.82. The molecule has 7 heteroatoms. The molecule has 5 nitrogen and oxygen atoms in total. The van der Waals surface area contributed by atoms with E-state index in [0.29, 0.717) is 5.22 Å². The van der Waals surface area contributed by atoms with Crippen molar-refractivity contribution < 1.29 is 18.3 Å². The number of halogens is 1. The van der Waals surface area contributed by atoms with Crippen molar-refractivity contribution in [3.63, 3.8) is 0 Å². The normalized spacial score (nSPS) is 10.2. The maximum atomic E-state index is 12.6. The van der Waals surface area contributed by atoms with E-state index in [2.05, 4.69) is 10.2 Å². The van der Waals surface area contributed by atoms with Crippen LogP contribution in [0, 0.1) is 5.82 Å². The van der Waals surface area contributed by atoms with Gasteiger partial charge < -0.3 is 9.15 Å². The molecule has 0 spiro atoms. The molecular weight excluding hydrogens is 247 g/mol. The van der Waals surface area contributed by atoms with E-state index in [1.807, 2.05) is 0 Å². The molecule has 1 heterocycles. The summed E-state index contributed by atoms with van der Waals surface area (Å²) in [7, 11) is 0. The Labute approximate surface area is 100.0 Å². The minimum Gasteiger partial charge on any atom is -0.383 e. The maximum Gasteiger partial charge on any atom is 0.423 e. The zero-order chi connectivity index (χ0) is 12.3. The first-order valence-electron chi connectivity index (χ1n) is 4.54. The molecule has 0 saturated heterocycles. The standard InChI is InChI=1S/C10H7FN2O3S/c1-17-10-13-12-9(16-10)15-8(14)6-2-4-7(11)5-3-6/h2-5H,1H3. The summed E-state index contributed by atoms with van der Waals surface area (Å²) in [5.41, 5.74) is 0.204. The first kappa shape index (κ1) is 11.6. The Morgan fingerprint density at radius 1 is 1.35 bits per heavy atom. The molecule has 0 bridgehead atoms. The topological polar surface area (TPSA) is 65.2 Å². The van der Waals surface area contributed by atoms with Gasteiger partial charge >= 0.3 is 12.0 Å². The van der Waals surface area contributed by atoms with Crippen LogP contribution < -0.4 is 4.74 Å². The van der Waals surface area contributed by atoms with Crippen LogP contribution in [0.4, 0.5) is 4.39 Å². The van der Waals surface area contributed by atoms with Crippen LogP contribution in [0.2, 0.25) is 0 Å². The van der Waals surface area contributed by atoms with Crippen LogP contribution in [0.1, 0.15) is 10.4 Å². The fourth-order valence-corrected chi connectivity index (χ4v) is 1.32. The highest BCUT2D eigenvalue weighted by atomic mass is 32.2. The van der Waals surface area contributed by atoms with Crippen LogP contribution in [0.3, 0.4) is 0 Å². The summed E-state index contributed by atoms with van der Waals surface area (Å²) in [5.74, 6) is -1.11. The van der Waals surface area contributed by atoms with Crippen molar-refractivity contribution >= 4 is 17.7 Å². The second kappa shape index (κ2) is 4.96. The van der Waals surface area contributed by atoms with Crippen molar-refractivity contribution in [3.8, 4) is 6.08 Å². The summed E-state index contributed by atoms with van der Waals surface area (Å²) in [5, 5.41) is 7.42. The minimum absolute atomic E-state index is 0.204.